The fraction of sp³-hybridized carbons (Fsp3) is 0.650. The number of β-amino-alcohol motifs (C(OH)–C–C–N with tert-alkyl or cyclic N) is 1. The second-order valence-corrected chi connectivity index (χ2v) is 7.94. The van der Waals surface area contributed by atoms with Gasteiger partial charge in [0.25, 0.3) is 0 Å². The number of carbonyl (C=O) groups excluding carboxylic acids is 1. The topological polar surface area (TPSA) is 43.8 Å². The monoisotopic (exact) mass is 348 g/mol. The molecule has 1 saturated heterocycles. The van der Waals surface area contributed by atoms with Crippen molar-refractivity contribution in [2.75, 3.05) is 26.7 Å². The van der Waals surface area contributed by atoms with Crippen LogP contribution in [-0.4, -0.2) is 53.1 Å². The third kappa shape index (κ3) is 5.02. The Hall–Kier alpha value is -1.46. The first-order chi connectivity index (χ1) is 11.9. The van der Waals surface area contributed by atoms with Gasteiger partial charge in [0.1, 0.15) is 5.82 Å². The lowest BCUT2D eigenvalue weighted by Crippen LogP contribution is -2.44. The molecule has 4 nitrogen and oxygen atoms in total. The van der Waals surface area contributed by atoms with Gasteiger partial charge in [-0.1, -0.05) is 25.0 Å². The molecule has 0 unspecified atom stereocenters. The van der Waals surface area contributed by atoms with Crippen LogP contribution in [-0.2, 0) is 11.3 Å². The van der Waals surface area contributed by atoms with Gasteiger partial charge in [-0.2, -0.15) is 0 Å². The van der Waals surface area contributed by atoms with Gasteiger partial charge in [0.05, 0.1) is 12.1 Å². The van der Waals surface area contributed by atoms with E-state index in [-0.39, 0.29) is 11.7 Å². The number of hydrogen-bond acceptors (Lipinski definition) is 3. The van der Waals surface area contributed by atoms with Crippen molar-refractivity contribution in [3.8, 4) is 0 Å². The minimum absolute atomic E-state index is 0.198. The molecule has 0 radical (unpaired) electrons. The van der Waals surface area contributed by atoms with Crippen molar-refractivity contribution in [2.45, 2.75) is 50.7 Å². The molecule has 1 N–H and O–H groups in total. The van der Waals surface area contributed by atoms with E-state index in [1.165, 1.54) is 37.8 Å². The predicted molar refractivity (Wildman–Crippen MR) is 95.5 cm³/mol. The summed E-state index contributed by atoms with van der Waals surface area (Å²) < 4.78 is 13.0. The van der Waals surface area contributed by atoms with Crippen molar-refractivity contribution in [1.82, 2.24) is 9.80 Å². The maximum Gasteiger partial charge on any atom is 0.222 e. The molecule has 1 amide bonds. The standard InChI is InChI=1S/C20H29FN2O2/c1-22(13-17-6-8-18(21)9-7-17)14-20(25)10-11-23(15-20)19(24)12-16-4-2-3-5-16/h6-9,16,25H,2-5,10-15H2,1H3/t20-/m0/s1. The van der Waals surface area contributed by atoms with Crippen LogP contribution >= 0.6 is 0 Å². The minimum Gasteiger partial charge on any atom is -0.387 e. The third-order valence-corrected chi connectivity index (χ3v) is 5.55. The molecule has 1 saturated carbocycles. The molecular formula is C20H29FN2O2. The number of amides is 1. The molecule has 0 bridgehead atoms. The summed E-state index contributed by atoms with van der Waals surface area (Å²) in [5.41, 5.74) is 0.166. The van der Waals surface area contributed by atoms with E-state index in [1.54, 1.807) is 12.1 Å². The Morgan fingerprint density at radius 2 is 2.00 bits per heavy atom. The molecule has 1 aromatic carbocycles. The summed E-state index contributed by atoms with van der Waals surface area (Å²) in [6, 6.07) is 6.44. The average Bonchev–Trinajstić information content (AvgIpc) is 3.19. The molecule has 138 valence electrons. The first-order valence-corrected chi connectivity index (χ1v) is 9.37. The first kappa shape index (κ1) is 18.3. The highest BCUT2D eigenvalue weighted by molar-refractivity contribution is 5.77. The predicted octanol–water partition coefficient (Wildman–Crippen LogP) is 2.80. The van der Waals surface area contributed by atoms with Crippen LogP contribution in [0.25, 0.3) is 0 Å². The lowest BCUT2D eigenvalue weighted by atomic mass is 10.0. The number of halogens is 1. The highest BCUT2D eigenvalue weighted by Crippen LogP contribution is 2.30. The number of benzene rings is 1. The summed E-state index contributed by atoms with van der Waals surface area (Å²) in [6.45, 7) is 2.23. The van der Waals surface area contributed by atoms with Crippen LogP contribution in [0.4, 0.5) is 4.39 Å². The van der Waals surface area contributed by atoms with Crippen LogP contribution in [0.3, 0.4) is 0 Å². The van der Waals surface area contributed by atoms with Crippen molar-refractivity contribution in [2.24, 2.45) is 5.92 Å². The third-order valence-electron chi connectivity index (χ3n) is 5.55. The van der Waals surface area contributed by atoms with Gasteiger partial charge in [-0.05, 0) is 49.9 Å². The summed E-state index contributed by atoms with van der Waals surface area (Å²) in [7, 11) is 1.95. The van der Waals surface area contributed by atoms with Crippen molar-refractivity contribution in [3.05, 3.63) is 35.6 Å². The van der Waals surface area contributed by atoms with E-state index in [2.05, 4.69) is 0 Å². The van der Waals surface area contributed by atoms with Crippen LogP contribution in [0.1, 0.15) is 44.1 Å². The van der Waals surface area contributed by atoms with Gasteiger partial charge in [-0.15, -0.1) is 0 Å². The lowest BCUT2D eigenvalue weighted by molar-refractivity contribution is -0.132. The van der Waals surface area contributed by atoms with E-state index in [4.69, 9.17) is 0 Å². The van der Waals surface area contributed by atoms with Crippen LogP contribution in [0, 0.1) is 11.7 Å². The second-order valence-electron chi connectivity index (χ2n) is 7.94. The van der Waals surface area contributed by atoms with E-state index < -0.39 is 5.60 Å². The summed E-state index contributed by atoms with van der Waals surface area (Å²) in [5.74, 6) is 0.503. The largest absolute Gasteiger partial charge is 0.387 e. The normalized spacial score (nSPS) is 24.4. The highest BCUT2D eigenvalue weighted by atomic mass is 19.1. The Kier molecular flexibility index (Phi) is 5.74. The molecule has 1 aromatic rings. The van der Waals surface area contributed by atoms with Gasteiger partial charge >= 0.3 is 0 Å². The van der Waals surface area contributed by atoms with Crippen molar-refractivity contribution in [3.63, 3.8) is 0 Å². The van der Waals surface area contributed by atoms with Gasteiger partial charge < -0.3 is 10.0 Å². The molecule has 3 rings (SSSR count). The van der Waals surface area contributed by atoms with Gasteiger partial charge in [0.15, 0.2) is 0 Å². The average molecular weight is 348 g/mol. The van der Waals surface area contributed by atoms with Crippen molar-refractivity contribution in [1.29, 1.82) is 0 Å². The Labute approximate surface area is 149 Å². The minimum atomic E-state index is -0.847. The molecule has 1 aliphatic carbocycles. The zero-order valence-corrected chi connectivity index (χ0v) is 15.1. The number of aliphatic hydroxyl groups is 1. The lowest BCUT2D eigenvalue weighted by Gasteiger charge is -2.29. The molecule has 1 heterocycles. The van der Waals surface area contributed by atoms with Crippen molar-refractivity contribution < 1.29 is 14.3 Å². The van der Waals surface area contributed by atoms with Crippen LogP contribution in [0.2, 0.25) is 0 Å². The zero-order chi connectivity index (χ0) is 17.9. The molecule has 0 spiro atoms. The summed E-state index contributed by atoms with van der Waals surface area (Å²) in [6.07, 6.45) is 6.10. The molecule has 5 heteroatoms. The Morgan fingerprint density at radius 1 is 1.32 bits per heavy atom. The smallest absolute Gasteiger partial charge is 0.222 e. The van der Waals surface area contributed by atoms with Crippen molar-refractivity contribution >= 4 is 5.91 Å². The Morgan fingerprint density at radius 3 is 2.68 bits per heavy atom. The number of nitrogens with zero attached hydrogens (tertiary/aromatic N) is 2. The van der Waals surface area contributed by atoms with Crippen LogP contribution in [0.15, 0.2) is 24.3 Å². The van der Waals surface area contributed by atoms with Crippen LogP contribution in [0.5, 0.6) is 0 Å². The van der Waals surface area contributed by atoms with Crippen LogP contribution < -0.4 is 0 Å². The van der Waals surface area contributed by atoms with Gasteiger partial charge in [-0.25, -0.2) is 4.39 Å². The maximum absolute atomic E-state index is 13.0. The molecule has 2 aliphatic rings. The molecule has 2 fully saturated rings. The molecule has 1 aliphatic heterocycles. The summed E-state index contributed by atoms with van der Waals surface area (Å²) in [4.78, 5) is 16.3. The fourth-order valence-corrected chi connectivity index (χ4v) is 4.25. The number of hydrogen-bond donors (Lipinski definition) is 1. The molecule has 0 aromatic heterocycles. The number of likely N-dealkylation sites (tertiary alicyclic amines) is 1. The fourth-order valence-electron chi connectivity index (χ4n) is 4.25. The summed E-state index contributed by atoms with van der Waals surface area (Å²) in [5, 5.41) is 10.9. The van der Waals surface area contributed by atoms with Gasteiger partial charge in [0, 0.05) is 26.1 Å². The maximum atomic E-state index is 13.0. The first-order valence-electron chi connectivity index (χ1n) is 9.37. The zero-order valence-electron chi connectivity index (χ0n) is 15.1. The molecule has 1 atom stereocenters. The summed E-state index contributed by atoms with van der Waals surface area (Å²) >= 11 is 0. The molecule has 25 heavy (non-hydrogen) atoms. The number of likely N-dealkylation sites (N-methyl/N-ethyl adjacent to an activating group) is 1. The van der Waals surface area contributed by atoms with E-state index in [1.807, 2.05) is 16.8 Å². The number of rotatable bonds is 6. The second kappa shape index (κ2) is 7.83. The quantitative estimate of drug-likeness (QED) is 0.860. The van der Waals surface area contributed by atoms with E-state index >= 15 is 0 Å². The van der Waals surface area contributed by atoms with Gasteiger partial charge in [-0.3, -0.25) is 9.69 Å². The Balaban J connectivity index is 1.48. The van der Waals surface area contributed by atoms with E-state index in [0.29, 0.717) is 44.9 Å². The molecular weight excluding hydrogens is 319 g/mol. The van der Waals surface area contributed by atoms with Gasteiger partial charge in [0.2, 0.25) is 5.91 Å². The van der Waals surface area contributed by atoms with E-state index in [9.17, 15) is 14.3 Å². The number of carbonyl (C=O) groups is 1. The highest BCUT2D eigenvalue weighted by Gasteiger charge is 2.39. The Bertz CT molecular complexity index is 586. The van der Waals surface area contributed by atoms with E-state index in [0.717, 1.165) is 5.56 Å². The SMILES string of the molecule is CN(Cc1ccc(F)cc1)C[C@@]1(O)CCN(C(=O)CC2CCCC2)C1.